The molecule has 1 aromatic rings. The lowest BCUT2D eigenvalue weighted by atomic mass is 9.96. The fraction of sp³-hybridized carbons (Fsp3) is 0.467. The van der Waals surface area contributed by atoms with Gasteiger partial charge >= 0.3 is 6.09 Å². The number of carbonyl (C=O) groups excluding carboxylic acids is 2. The lowest BCUT2D eigenvalue weighted by Crippen LogP contribution is -2.44. The summed E-state index contributed by atoms with van der Waals surface area (Å²) in [5, 5.41) is 2.63. The van der Waals surface area contributed by atoms with Crippen LogP contribution >= 0.6 is 0 Å². The molecule has 0 saturated carbocycles. The third-order valence-electron chi connectivity index (χ3n) is 3.14. The average Bonchev–Trinajstić information content (AvgIpc) is 2.42. The van der Waals surface area contributed by atoms with E-state index in [-0.39, 0.29) is 18.3 Å². The van der Waals surface area contributed by atoms with E-state index < -0.39 is 12.1 Å². The molecule has 0 spiro atoms. The molecule has 19 heavy (non-hydrogen) atoms. The van der Waals surface area contributed by atoms with Crippen molar-refractivity contribution in [3.05, 3.63) is 35.9 Å². The van der Waals surface area contributed by atoms with E-state index in [4.69, 9.17) is 4.74 Å². The first-order chi connectivity index (χ1) is 9.04. The number of hydrogen-bond acceptors (Lipinski definition) is 3. The van der Waals surface area contributed by atoms with Crippen molar-refractivity contribution in [2.24, 2.45) is 5.92 Å². The second kappa shape index (κ2) is 7.56. The molecule has 0 aliphatic rings. The summed E-state index contributed by atoms with van der Waals surface area (Å²) in [6.45, 7) is 5.60. The smallest absolute Gasteiger partial charge is 0.408 e. The van der Waals surface area contributed by atoms with E-state index in [1.807, 2.05) is 44.2 Å². The van der Waals surface area contributed by atoms with Crippen LogP contribution in [0.5, 0.6) is 0 Å². The van der Waals surface area contributed by atoms with Gasteiger partial charge < -0.3 is 10.1 Å². The van der Waals surface area contributed by atoms with Crippen LogP contribution in [-0.4, -0.2) is 17.9 Å². The van der Waals surface area contributed by atoms with Gasteiger partial charge in [-0.1, -0.05) is 50.6 Å². The number of benzene rings is 1. The summed E-state index contributed by atoms with van der Waals surface area (Å²) < 4.78 is 5.10. The maximum Gasteiger partial charge on any atom is 0.408 e. The second-order valence-electron chi connectivity index (χ2n) is 4.68. The van der Waals surface area contributed by atoms with E-state index in [2.05, 4.69) is 5.32 Å². The molecule has 0 aliphatic carbocycles. The summed E-state index contributed by atoms with van der Waals surface area (Å²) in [6, 6.07) is 8.95. The number of ketones is 1. The van der Waals surface area contributed by atoms with Gasteiger partial charge in [0.1, 0.15) is 6.61 Å². The molecule has 1 rings (SSSR count). The predicted octanol–water partition coefficient (Wildman–Crippen LogP) is 2.92. The van der Waals surface area contributed by atoms with Gasteiger partial charge in [0.2, 0.25) is 0 Å². The summed E-state index contributed by atoms with van der Waals surface area (Å²) >= 11 is 0. The van der Waals surface area contributed by atoms with Gasteiger partial charge in [-0.2, -0.15) is 0 Å². The standard InChI is InChI=1S/C15H21NO3/c1-4-11(2)14(12(3)17)16-15(18)19-10-13-8-6-5-7-9-13/h5-9,11,14H,4,10H2,1-3H3,(H,16,18)/t11-,14+/m1/s1. The van der Waals surface area contributed by atoms with E-state index in [0.29, 0.717) is 0 Å². The Bertz CT molecular complexity index is 417. The van der Waals surface area contributed by atoms with Gasteiger partial charge in [0.15, 0.2) is 5.78 Å². The van der Waals surface area contributed by atoms with Crippen LogP contribution in [0.3, 0.4) is 0 Å². The number of rotatable bonds is 6. The van der Waals surface area contributed by atoms with E-state index in [0.717, 1.165) is 12.0 Å². The molecule has 2 atom stereocenters. The average molecular weight is 263 g/mol. The van der Waals surface area contributed by atoms with Gasteiger partial charge in [0.25, 0.3) is 0 Å². The first-order valence-corrected chi connectivity index (χ1v) is 6.52. The van der Waals surface area contributed by atoms with Crippen molar-refractivity contribution in [2.45, 2.75) is 39.8 Å². The summed E-state index contributed by atoms with van der Waals surface area (Å²) in [7, 11) is 0. The molecule has 104 valence electrons. The van der Waals surface area contributed by atoms with Crippen molar-refractivity contribution in [1.82, 2.24) is 5.32 Å². The van der Waals surface area contributed by atoms with Crippen molar-refractivity contribution in [2.75, 3.05) is 0 Å². The van der Waals surface area contributed by atoms with Crippen LogP contribution in [0.2, 0.25) is 0 Å². The molecule has 0 fully saturated rings. The zero-order valence-corrected chi connectivity index (χ0v) is 11.7. The van der Waals surface area contributed by atoms with Gasteiger partial charge in [0, 0.05) is 0 Å². The number of carbonyl (C=O) groups is 2. The summed E-state index contributed by atoms with van der Waals surface area (Å²) in [5.74, 6) is 0.0489. The van der Waals surface area contributed by atoms with Gasteiger partial charge in [-0.05, 0) is 18.4 Å². The number of Topliss-reactive ketones (excluding diaryl/α,β-unsaturated/α-hetero) is 1. The predicted molar refractivity (Wildman–Crippen MR) is 73.7 cm³/mol. The Balaban J connectivity index is 2.47. The molecule has 0 bridgehead atoms. The lowest BCUT2D eigenvalue weighted by Gasteiger charge is -2.21. The first-order valence-electron chi connectivity index (χ1n) is 6.52. The highest BCUT2D eigenvalue weighted by atomic mass is 16.5. The van der Waals surface area contributed by atoms with Crippen molar-refractivity contribution < 1.29 is 14.3 Å². The van der Waals surface area contributed by atoms with Crippen molar-refractivity contribution >= 4 is 11.9 Å². The Labute approximate surface area is 114 Å². The van der Waals surface area contributed by atoms with Crippen LogP contribution < -0.4 is 5.32 Å². The molecular formula is C15H21NO3. The molecule has 0 aromatic heterocycles. The maximum atomic E-state index is 11.7. The molecule has 0 saturated heterocycles. The van der Waals surface area contributed by atoms with Crippen LogP contribution in [0.15, 0.2) is 30.3 Å². The number of hydrogen-bond donors (Lipinski definition) is 1. The van der Waals surface area contributed by atoms with Gasteiger partial charge in [-0.3, -0.25) is 4.79 Å². The third kappa shape index (κ3) is 5.12. The molecule has 4 heteroatoms. The zero-order chi connectivity index (χ0) is 14.3. The molecule has 0 unspecified atom stereocenters. The Hall–Kier alpha value is -1.84. The summed E-state index contributed by atoms with van der Waals surface area (Å²) in [5.41, 5.74) is 0.917. The minimum atomic E-state index is -0.552. The van der Waals surface area contributed by atoms with E-state index in [1.54, 1.807) is 0 Å². The van der Waals surface area contributed by atoms with E-state index in [9.17, 15) is 9.59 Å². The Kier molecular flexibility index (Phi) is 6.06. The van der Waals surface area contributed by atoms with Crippen LogP contribution in [0.1, 0.15) is 32.8 Å². The topological polar surface area (TPSA) is 55.4 Å². The lowest BCUT2D eigenvalue weighted by molar-refractivity contribution is -0.120. The van der Waals surface area contributed by atoms with Crippen LogP contribution in [-0.2, 0) is 16.1 Å². The summed E-state index contributed by atoms with van der Waals surface area (Å²) in [4.78, 5) is 23.1. The van der Waals surface area contributed by atoms with Crippen molar-refractivity contribution in [1.29, 1.82) is 0 Å². The van der Waals surface area contributed by atoms with Crippen LogP contribution in [0, 0.1) is 5.92 Å². The fourth-order valence-corrected chi connectivity index (χ4v) is 1.77. The molecule has 0 aliphatic heterocycles. The molecule has 1 amide bonds. The van der Waals surface area contributed by atoms with E-state index >= 15 is 0 Å². The third-order valence-corrected chi connectivity index (χ3v) is 3.14. The van der Waals surface area contributed by atoms with Crippen molar-refractivity contribution in [3.8, 4) is 0 Å². The number of nitrogens with one attached hydrogen (secondary N) is 1. The van der Waals surface area contributed by atoms with Gasteiger partial charge in [-0.15, -0.1) is 0 Å². The molecule has 0 radical (unpaired) electrons. The SMILES string of the molecule is CC[C@@H](C)[C@H](NC(=O)OCc1ccccc1)C(C)=O. The number of ether oxygens (including phenoxy) is 1. The maximum absolute atomic E-state index is 11.7. The quantitative estimate of drug-likeness (QED) is 0.858. The Morgan fingerprint density at radius 3 is 2.42 bits per heavy atom. The van der Waals surface area contributed by atoms with Gasteiger partial charge in [-0.25, -0.2) is 4.79 Å². The molecule has 0 heterocycles. The van der Waals surface area contributed by atoms with Crippen LogP contribution in [0.25, 0.3) is 0 Å². The zero-order valence-electron chi connectivity index (χ0n) is 11.7. The molecular weight excluding hydrogens is 242 g/mol. The molecule has 1 N–H and O–H groups in total. The largest absolute Gasteiger partial charge is 0.445 e. The highest BCUT2D eigenvalue weighted by Crippen LogP contribution is 2.09. The highest BCUT2D eigenvalue weighted by molar-refractivity contribution is 5.85. The normalized spacial score (nSPS) is 13.4. The summed E-state index contributed by atoms with van der Waals surface area (Å²) in [6.07, 6.45) is 0.271. The molecule has 1 aromatic carbocycles. The second-order valence-corrected chi connectivity index (χ2v) is 4.68. The molecule has 4 nitrogen and oxygen atoms in total. The van der Waals surface area contributed by atoms with Crippen LogP contribution in [0.4, 0.5) is 4.79 Å². The Morgan fingerprint density at radius 1 is 1.26 bits per heavy atom. The highest BCUT2D eigenvalue weighted by Gasteiger charge is 2.23. The van der Waals surface area contributed by atoms with Crippen molar-refractivity contribution in [3.63, 3.8) is 0 Å². The van der Waals surface area contributed by atoms with E-state index in [1.165, 1.54) is 6.92 Å². The number of amides is 1. The minimum absolute atomic E-state index is 0.0500. The minimum Gasteiger partial charge on any atom is -0.445 e. The number of alkyl carbamates (subject to hydrolysis) is 1. The monoisotopic (exact) mass is 263 g/mol. The fourth-order valence-electron chi connectivity index (χ4n) is 1.77. The Morgan fingerprint density at radius 2 is 1.89 bits per heavy atom. The van der Waals surface area contributed by atoms with Gasteiger partial charge in [0.05, 0.1) is 6.04 Å². The first kappa shape index (κ1) is 15.2.